The van der Waals surface area contributed by atoms with E-state index in [-0.39, 0.29) is 6.54 Å². The molecule has 152 valence electrons. The number of halogens is 4. The molecule has 0 fully saturated rings. The Balaban J connectivity index is 2.10. The van der Waals surface area contributed by atoms with Crippen LogP contribution in [0.5, 0.6) is 0 Å². The molecule has 1 N–H and O–H groups in total. The molecule has 0 radical (unpaired) electrons. The zero-order valence-electron chi connectivity index (χ0n) is 15.0. The molecule has 1 atom stereocenters. The molecule has 1 unspecified atom stereocenters. The fourth-order valence-corrected chi connectivity index (χ4v) is 3.71. The van der Waals surface area contributed by atoms with Crippen molar-refractivity contribution in [2.45, 2.75) is 30.6 Å². The summed E-state index contributed by atoms with van der Waals surface area (Å²) in [4.78, 5) is 13.0. The summed E-state index contributed by atoms with van der Waals surface area (Å²) in [7, 11) is -2.92. The van der Waals surface area contributed by atoms with Gasteiger partial charge < -0.3 is 4.90 Å². The highest BCUT2D eigenvalue weighted by molar-refractivity contribution is 7.89. The quantitative estimate of drug-likeness (QED) is 0.733. The molecule has 2 aromatic rings. The highest BCUT2D eigenvalue weighted by Gasteiger charge is 2.32. The van der Waals surface area contributed by atoms with E-state index < -0.39 is 44.4 Å². The Labute approximate surface area is 160 Å². The van der Waals surface area contributed by atoms with Crippen LogP contribution in [0.2, 0.25) is 0 Å². The Kier molecular flexibility index (Phi) is 6.45. The van der Waals surface area contributed by atoms with E-state index >= 15 is 0 Å². The van der Waals surface area contributed by atoms with Crippen LogP contribution in [0.15, 0.2) is 53.4 Å². The standard InChI is InChI=1S/C18H18F4N2O3S/c1-12(17(25)24(2)11-13-6-8-15(19)9-7-13)23-28(26,27)16-5-3-4-14(10-16)18(20,21)22/h3-10,12,23H,11H2,1-2H3. The van der Waals surface area contributed by atoms with Gasteiger partial charge in [-0.05, 0) is 42.8 Å². The van der Waals surface area contributed by atoms with Crippen molar-refractivity contribution in [1.82, 2.24) is 9.62 Å². The number of nitrogens with zero attached hydrogens (tertiary/aromatic N) is 1. The third kappa shape index (κ3) is 5.52. The molecule has 0 aromatic heterocycles. The number of sulfonamides is 1. The number of carbonyl (C=O) groups is 1. The summed E-state index contributed by atoms with van der Waals surface area (Å²) in [6, 6.07) is 7.45. The van der Waals surface area contributed by atoms with Crippen molar-refractivity contribution in [2.75, 3.05) is 7.05 Å². The predicted octanol–water partition coefficient (Wildman–Crippen LogP) is 3.17. The van der Waals surface area contributed by atoms with Gasteiger partial charge >= 0.3 is 6.18 Å². The first-order chi connectivity index (χ1) is 12.9. The molecule has 0 aliphatic heterocycles. The van der Waals surface area contributed by atoms with Crippen LogP contribution in [0, 0.1) is 5.82 Å². The van der Waals surface area contributed by atoms with Crippen molar-refractivity contribution in [3.8, 4) is 0 Å². The fourth-order valence-electron chi connectivity index (χ4n) is 2.46. The number of benzene rings is 2. The smallest absolute Gasteiger partial charge is 0.340 e. The number of nitrogens with one attached hydrogen (secondary N) is 1. The zero-order valence-corrected chi connectivity index (χ0v) is 15.8. The molecule has 0 saturated carbocycles. The van der Waals surface area contributed by atoms with Gasteiger partial charge in [-0.25, -0.2) is 12.8 Å². The number of likely N-dealkylation sites (N-methyl/N-ethyl adjacent to an activating group) is 1. The van der Waals surface area contributed by atoms with Gasteiger partial charge in [-0.3, -0.25) is 4.79 Å². The minimum absolute atomic E-state index is 0.106. The van der Waals surface area contributed by atoms with Gasteiger partial charge in [0, 0.05) is 13.6 Å². The molecule has 0 heterocycles. The molecule has 2 rings (SSSR count). The first-order valence-electron chi connectivity index (χ1n) is 8.09. The van der Waals surface area contributed by atoms with Crippen LogP contribution < -0.4 is 4.72 Å². The van der Waals surface area contributed by atoms with E-state index in [9.17, 15) is 30.8 Å². The largest absolute Gasteiger partial charge is 0.416 e. The topological polar surface area (TPSA) is 66.5 Å². The molecule has 0 spiro atoms. The fraction of sp³-hybridized carbons (Fsp3) is 0.278. The van der Waals surface area contributed by atoms with Crippen molar-refractivity contribution < 1.29 is 30.8 Å². The Morgan fingerprint density at radius 1 is 1.14 bits per heavy atom. The first-order valence-corrected chi connectivity index (χ1v) is 9.57. The van der Waals surface area contributed by atoms with Gasteiger partial charge in [0.2, 0.25) is 15.9 Å². The SMILES string of the molecule is CC(NS(=O)(=O)c1cccc(C(F)(F)F)c1)C(=O)N(C)Cc1ccc(F)cc1. The minimum Gasteiger partial charge on any atom is -0.340 e. The van der Waals surface area contributed by atoms with Crippen molar-refractivity contribution in [3.63, 3.8) is 0 Å². The summed E-state index contributed by atoms with van der Waals surface area (Å²) in [6.07, 6.45) is -4.69. The van der Waals surface area contributed by atoms with E-state index in [0.29, 0.717) is 11.6 Å². The lowest BCUT2D eigenvalue weighted by Crippen LogP contribution is -2.45. The monoisotopic (exact) mass is 418 g/mol. The average Bonchev–Trinajstić information content (AvgIpc) is 2.62. The van der Waals surface area contributed by atoms with Crippen LogP contribution >= 0.6 is 0 Å². The summed E-state index contributed by atoms with van der Waals surface area (Å²) in [5.74, 6) is -1.03. The lowest BCUT2D eigenvalue weighted by Gasteiger charge is -2.22. The zero-order chi connectivity index (χ0) is 21.1. The van der Waals surface area contributed by atoms with Crippen molar-refractivity contribution >= 4 is 15.9 Å². The highest BCUT2D eigenvalue weighted by atomic mass is 32.2. The lowest BCUT2D eigenvalue weighted by molar-refractivity contribution is -0.137. The van der Waals surface area contributed by atoms with E-state index in [1.165, 1.54) is 43.1 Å². The minimum atomic E-state index is -4.69. The van der Waals surface area contributed by atoms with Gasteiger partial charge in [0.05, 0.1) is 16.5 Å². The Morgan fingerprint density at radius 3 is 2.32 bits per heavy atom. The van der Waals surface area contributed by atoms with Crippen LogP contribution in [0.3, 0.4) is 0 Å². The van der Waals surface area contributed by atoms with Crippen molar-refractivity contribution in [1.29, 1.82) is 0 Å². The molecular formula is C18H18F4N2O3S. The summed E-state index contributed by atoms with van der Waals surface area (Å²) >= 11 is 0. The number of hydrogen-bond acceptors (Lipinski definition) is 3. The molecular weight excluding hydrogens is 400 g/mol. The Bertz CT molecular complexity index is 944. The first kappa shape index (κ1) is 21.8. The second-order valence-corrected chi connectivity index (χ2v) is 7.90. The van der Waals surface area contributed by atoms with E-state index in [0.717, 1.165) is 18.2 Å². The van der Waals surface area contributed by atoms with Crippen LogP contribution in [-0.2, 0) is 27.5 Å². The maximum absolute atomic E-state index is 12.9. The Morgan fingerprint density at radius 2 is 1.75 bits per heavy atom. The predicted molar refractivity (Wildman–Crippen MR) is 94.1 cm³/mol. The Hall–Kier alpha value is -2.46. The van der Waals surface area contributed by atoms with E-state index in [1.54, 1.807) is 0 Å². The van der Waals surface area contributed by atoms with Gasteiger partial charge in [0.15, 0.2) is 0 Å². The van der Waals surface area contributed by atoms with E-state index in [2.05, 4.69) is 4.72 Å². The van der Waals surface area contributed by atoms with Crippen LogP contribution in [0.4, 0.5) is 17.6 Å². The molecule has 28 heavy (non-hydrogen) atoms. The summed E-state index contributed by atoms with van der Waals surface area (Å²) in [5, 5.41) is 0. The lowest BCUT2D eigenvalue weighted by atomic mass is 10.2. The van der Waals surface area contributed by atoms with E-state index in [4.69, 9.17) is 0 Å². The van der Waals surface area contributed by atoms with Crippen LogP contribution in [0.25, 0.3) is 0 Å². The molecule has 2 aromatic carbocycles. The van der Waals surface area contributed by atoms with Crippen LogP contribution in [-0.4, -0.2) is 32.3 Å². The molecule has 0 saturated heterocycles. The van der Waals surface area contributed by atoms with Gasteiger partial charge in [-0.15, -0.1) is 0 Å². The third-order valence-corrected chi connectivity index (χ3v) is 5.42. The number of amides is 1. The van der Waals surface area contributed by atoms with Gasteiger partial charge in [0.25, 0.3) is 0 Å². The maximum Gasteiger partial charge on any atom is 0.416 e. The third-order valence-electron chi connectivity index (χ3n) is 3.88. The normalized spacial score (nSPS) is 13.2. The van der Waals surface area contributed by atoms with Crippen molar-refractivity contribution in [3.05, 3.63) is 65.5 Å². The molecule has 0 bridgehead atoms. The van der Waals surface area contributed by atoms with Gasteiger partial charge in [-0.1, -0.05) is 18.2 Å². The highest BCUT2D eigenvalue weighted by Crippen LogP contribution is 2.30. The summed E-state index contributed by atoms with van der Waals surface area (Å²) in [5.41, 5.74) is -0.479. The maximum atomic E-state index is 12.9. The number of alkyl halides is 3. The number of rotatable bonds is 6. The number of carbonyl (C=O) groups excluding carboxylic acids is 1. The molecule has 10 heteroatoms. The molecule has 5 nitrogen and oxygen atoms in total. The summed E-state index contributed by atoms with van der Waals surface area (Å²) in [6.45, 7) is 1.39. The molecule has 0 aliphatic rings. The molecule has 0 aliphatic carbocycles. The number of hydrogen-bond donors (Lipinski definition) is 1. The second kappa shape index (κ2) is 8.27. The second-order valence-electron chi connectivity index (χ2n) is 6.19. The van der Waals surface area contributed by atoms with Gasteiger partial charge in [0.1, 0.15) is 5.82 Å². The van der Waals surface area contributed by atoms with Gasteiger partial charge in [-0.2, -0.15) is 17.9 Å². The van der Waals surface area contributed by atoms with E-state index in [1.807, 2.05) is 0 Å². The molecule has 1 amide bonds. The van der Waals surface area contributed by atoms with Crippen LogP contribution in [0.1, 0.15) is 18.1 Å². The van der Waals surface area contributed by atoms with Crippen molar-refractivity contribution in [2.24, 2.45) is 0 Å². The summed E-state index contributed by atoms with van der Waals surface area (Å²) < 4.78 is 78.1. The average molecular weight is 418 g/mol.